The average molecular weight is 433 g/mol. The summed E-state index contributed by atoms with van der Waals surface area (Å²) in [6, 6.07) is 13.7. The van der Waals surface area contributed by atoms with Crippen LogP contribution in [0.15, 0.2) is 54.6 Å². The first kappa shape index (κ1) is 21.2. The number of ketones is 2. The van der Waals surface area contributed by atoms with Gasteiger partial charge in [0.2, 0.25) is 0 Å². The van der Waals surface area contributed by atoms with Gasteiger partial charge < -0.3 is 14.6 Å². The van der Waals surface area contributed by atoms with E-state index in [0.717, 1.165) is 0 Å². The Balaban J connectivity index is 1.80. The van der Waals surface area contributed by atoms with Crippen LogP contribution >= 0.6 is 0 Å². The zero-order valence-electron chi connectivity index (χ0n) is 17.3. The standard InChI is InChI=1S/C24H19NO7/c1-31-19-12-14(11-18(26)13-7-9-15(10-8-13)25(29)30)24(32-2)21-20(19)22(27)16-5-3-4-6-17(16)23(21)28/h3-10,12,18,26H,11H2,1-2H3. The number of aliphatic hydroxyl groups excluding tert-OH is 1. The first-order chi connectivity index (χ1) is 15.4. The van der Waals surface area contributed by atoms with Gasteiger partial charge in [-0.2, -0.15) is 0 Å². The van der Waals surface area contributed by atoms with Crippen molar-refractivity contribution in [3.05, 3.63) is 98.1 Å². The van der Waals surface area contributed by atoms with Gasteiger partial charge in [0.25, 0.3) is 5.69 Å². The number of non-ortho nitro benzene ring substituents is 1. The van der Waals surface area contributed by atoms with Crippen LogP contribution in [0.3, 0.4) is 0 Å². The lowest BCUT2D eigenvalue weighted by Gasteiger charge is -2.24. The van der Waals surface area contributed by atoms with Gasteiger partial charge in [-0.1, -0.05) is 24.3 Å². The third-order valence-electron chi connectivity index (χ3n) is 5.52. The summed E-state index contributed by atoms with van der Waals surface area (Å²) in [5.41, 5.74) is 1.64. The zero-order valence-corrected chi connectivity index (χ0v) is 17.3. The van der Waals surface area contributed by atoms with Crippen LogP contribution in [-0.2, 0) is 6.42 Å². The molecule has 1 aliphatic rings. The molecule has 0 saturated carbocycles. The van der Waals surface area contributed by atoms with Crippen LogP contribution in [-0.4, -0.2) is 35.8 Å². The van der Waals surface area contributed by atoms with Crippen molar-refractivity contribution in [3.63, 3.8) is 0 Å². The van der Waals surface area contributed by atoms with Gasteiger partial charge in [-0.25, -0.2) is 0 Å². The number of carbonyl (C=O) groups excluding carboxylic acids is 2. The fourth-order valence-corrected chi connectivity index (χ4v) is 3.97. The molecule has 0 spiro atoms. The molecule has 1 unspecified atom stereocenters. The molecule has 0 aliphatic heterocycles. The van der Waals surface area contributed by atoms with Crippen LogP contribution in [0.4, 0.5) is 5.69 Å². The predicted molar refractivity (Wildman–Crippen MR) is 115 cm³/mol. The highest BCUT2D eigenvalue weighted by Gasteiger charge is 2.36. The molecule has 1 aliphatic carbocycles. The molecule has 0 bridgehead atoms. The van der Waals surface area contributed by atoms with Crippen LogP contribution in [0.2, 0.25) is 0 Å². The van der Waals surface area contributed by atoms with E-state index in [4.69, 9.17) is 9.47 Å². The molecule has 0 aromatic heterocycles. The zero-order chi connectivity index (χ0) is 23.0. The van der Waals surface area contributed by atoms with Crippen molar-refractivity contribution in [1.82, 2.24) is 0 Å². The quantitative estimate of drug-likeness (QED) is 0.364. The molecule has 4 rings (SSSR count). The number of carbonyl (C=O) groups is 2. The van der Waals surface area contributed by atoms with E-state index in [9.17, 15) is 24.8 Å². The Kier molecular flexibility index (Phi) is 5.46. The minimum Gasteiger partial charge on any atom is -0.496 e. The third kappa shape index (κ3) is 3.40. The minimum absolute atomic E-state index is 0.0355. The summed E-state index contributed by atoms with van der Waals surface area (Å²) in [6.45, 7) is 0. The van der Waals surface area contributed by atoms with Crippen LogP contribution in [0.5, 0.6) is 11.5 Å². The van der Waals surface area contributed by atoms with E-state index < -0.39 is 11.0 Å². The largest absolute Gasteiger partial charge is 0.496 e. The number of hydrogen-bond acceptors (Lipinski definition) is 7. The van der Waals surface area contributed by atoms with Gasteiger partial charge in [0.1, 0.15) is 11.5 Å². The van der Waals surface area contributed by atoms with E-state index in [1.165, 1.54) is 38.5 Å². The van der Waals surface area contributed by atoms with Gasteiger partial charge >= 0.3 is 0 Å². The monoisotopic (exact) mass is 433 g/mol. The maximum absolute atomic E-state index is 13.3. The van der Waals surface area contributed by atoms with Gasteiger partial charge in [-0.3, -0.25) is 19.7 Å². The fraction of sp³-hybridized carbons (Fsp3) is 0.167. The molecule has 0 saturated heterocycles. The summed E-state index contributed by atoms with van der Waals surface area (Å²) >= 11 is 0. The summed E-state index contributed by atoms with van der Waals surface area (Å²) in [5.74, 6) is -0.306. The van der Waals surface area contributed by atoms with Crippen molar-refractivity contribution in [2.45, 2.75) is 12.5 Å². The number of hydrogen-bond donors (Lipinski definition) is 1. The molecule has 1 N–H and O–H groups in total. The lowest BCUT2D eigenvalue weighted by Crippen LogP contribution is -2.23. The van der Waals surface area contributed by atoms with Gasteiger partial charge in [0.15, 0.2) is 11.6 Å². The Bertz CT molecular complexity index is 1250. The number of fused-ring (bicyclic) bond motifs is 2. The normalized spacial score (nSPS) is 13.2. The number of aliphatic hydroxyl groups is 1. The fourth-order valence-electron chi connectivity index (χ4n) is 3.97. The van der Waals surface area contributed by atoms with Crippen molar-refractivity contribution >= 4 is 17.3 Å². The molecular weight excluding hydrogens is 414 g/mol. The van der Waals surface area contributed by atoms with Gasteiger partial charge in [0.05, 0.1) is 36.4 Å². The Labute approximate surface area is 183 Å². The molecule has 0 amide bonds. The minimum atomic E-state index is -1.03. The Morgan fingerprint density at radius 1 is 0.938 bits per heavy atom. The Morgan fingerprint density at radius 3 is 2.06 bits per heavy atom. The number of nitro benzene ring substituents is 1. The molecule has 32 heavy (non-hydrogen) atoms. The highest BCUT2D eigenvalue weighted by atomic mass is 16.6. The molecule has 3 aromatic carbocycles. The smallest absolute Gasteiger partial charge is 0.269 e. The molecule has 1 atom stereocenters. The van der Waals surface area contributed by atoms with Crippen LogP contribution in [0.1, 0.15) is 49.1 Å². The second-order valence-corrected chi connectivity index (χ2v) is 7.29. The van der Waals surface area contributed by atoms with E-state index in [1.807, 2.05) is 0 Å². The van der Waals surface area contributed by atoms with Crippen molar-refractivity contribution in [3.8, 4) is 11.5 Å². The summed E-state index contributed by atoms with van der Waals surface area (Å²) in [5, 5.41) is 21.6. The SMILES string of the molecule is COc1cc(CC(O)c2ccc([N+](=O)[O-])cc2)c(OC)c2c1C(=O)c1ccccc1C2=O. The van der Waals surface area contributed by atoms with Gasteiger partial charge in [-0.05, 0) is 23.8 Å². The Hall–Kier alpha value is -4.04. The van der Waals surface area contributed by atoms with Crippen LogP contribution in [0, 0.1) is 10.1 Å². The summed E-state index contributed by atoms with van der Waals surface area (Å²) < 4.78 is 11.0. The summed E-state index contributed by atoms with van der Waals surface area (Å²) in [7, 11) is 2.79. The Morgan fingerprint density at radius 2 is 1.53 bits per heavy atom. The second kappa shape index (κ2) is 8.24. The molecular formula is C24H19NO7. The van der Waals surface area contributed by atoms with Crippen molar-refractivity contribution < 1.29 is 29.1 Å². The lowest BCUT2D eigenvalue weighted by atomic mass is 9.81. The number of ether oxygens (including phenoxy) is 2. The van der Waals surface area contributed by atoms with E-state index in [-0.39, 0.29) is 51.9 Å². The molecule has 162 valence electrons. The predicted octanol–water partition coefficient (Wildman–Crippen LogP) is 3.66. The molecule has 0 radical (unpaired) electrons. The van der Waals surface area contributed by atoms with Gasteiger partial charge in [-0.15, -0.1) is 0 Å². The molecule has 8 nitrogen and oxygen atoms in total. The number of methoxy groups -OCH3 is 2. The molecule has 0 heterocycles. The summed E-state index contributed by atoms with van der Waals surface area (Å²) in [4.78, 5) is 36.8. The van der Waals surface area contributed by atoms with E-state index >= 15 is 0 Å². The third-order valence-corrected chi connectivity index (χ3v) is 5.52. The first-order valence-corrected chi connectivity index (χ1v) is 9.76. The number of benzene rings is 3. The molecule has 0 fully saturated rings. The average Bonchev–Trinajstić information content (AvgIpc) is 2.81. The maximum atomic E-state index is 13.3. The van der Waals surface area contributed by atoms with Crippen molar-refractivity contribution in [2.24, 2.45) is 0 Å². The maximum Gasteiger partial charge on any atom is 0.269 e. The highest BCUT2D eigenvalue weighted by Crippen LogP contribution is 2.42. The number of nitro groups is 1. The van der Waals surface area contributed by atoms with Crippen molar-refractivity contribution in [2.75, 3.05) is 14.2 Å². The topological polar surface area (TPSA) is 116 Å². The van der Waals surface area contributed by atoms with Crippen LogP contribution in [0.25, 0.3) is 0 Å². The van der Waals surface area contributed by atoms with Gasteiger partial charge in [0, 0.05) is 35.2 Å². The molecule has 3 aromatic rings. The second-order valence-electron chi connectivity index (χ2n) is 7.29. The van der Waals surface area contributed by atoms with E-state index in [1.54, 1.807) is 30.3 Å². The summed E-state index contributed by atoms with van der Waals surface area (Å²) in [6.07, 6.45) is -0.998. The number of nitrogens with zero attached hydrogens (tertiary/aromatic N) is 1. The van der Waals surface area contributed by atoms with E-state index in [2.05, 4.69) is 0 Å². The first-order valence-electron chi connectivity index (χ1n) is 9.76. The highest BCUT2D eigenvalue weighted by molar-refractivity contribution is 6.30. The lowest BCUT2D eigenvalue weighted by molar-refractivity contribution is -0.384. The van der Waals surface area contributed by atoms with Crippen molar-refractivity contribution in [1.29, 1.82) is 0 Å². The molecule has 8 heteroatoms. The van der Waals surface area contributed by atoms with E-state index in [0.29, 0.717) is 16.7 Å². The van der Waals surface area contributed by atoms with Crippen LogP contribution < -0.4 is 9.47 Å². The number of rotatable bonds is 6.